The molecule has 6 rings (SSSR count). The van der Waals surface area contributed by atoms with Crippen LogP contribution in [0.15, 0.2) is 100 Å². The Morgan fingerprint density at radius 1 is 0.806 bits per heavy atom. The minimum Gasteiger partial charge on any atom is -0.399 e. The zero-order chi connectivity index (χ0) is 46.5. The molecule has 16 nitrogen and oxygen atoms in total. The van der Waals surface area contributed by atoms with Gasteiger partial charge in [-0.3, -0.25) is 29.9 Å². The number of non-ortho nitro benzene ring substituents is 1. The molecule has 0 radical (unpaired) electrons. The van der Waals surface area contributed by atoms with Gasteiger partial charge in [-0.2, -0.15) is 13.2 Å². The molecule has 1 atom stereocenters. The second-order valence-corrected chi connectivity index (χ2v) is 20.5. The van der Waals surface area contributed by atoms with Crippen molar-refractivity contribution in [3.05, 3.63) is 133 Å². The zero-order valence-corrected chi connectivity index (χ0v) is 37.2. The summed E-state index contributed by atoms with van der Waals surface area (Å²) in [7, 11) is -10.6. The average Bonchev–Trinajstić information content (AvgIpc) is 3.55. The molecule has 62 heavy (non-hydrogen) atoms. The van der Waals surface area contributed by atoms with Crippen molar-refractivity contribution in [1.29, 1.82) is 0 Å². The Hall–Kier alpha value is -5.26. The Balaban J connectivity index is 0.000000264. The van der Waals surface area contributed by atoms with Gasteiger partial charge in [0.15, 0.2) is 25.5 Å². The zero-order valence-electron chi connectivity index (χ0n) is 32.5. The third-order valence-electron chi connectivity index (χ3n) is 8.47. The number of alkyl halides is 3. The number of anilines is 1. The number of benzene rings is 3. The van der Waals surface area contributed by atoms with Crippen LogP contribution in [-0.4, -0.2) is 78.5 Å². The number of hydrogen-bond donors (Lipinski definition) is 1. The predicted octanol–water partition coefficient (Wildman–Crippen LogP) is 7.65. The van der Waals surface area contributed by atoms with E-state index in [-0.39, 0.29) is 55.6 Å². The smallest absolute Gasteiger partial charge is 0.399 e. The molecule has 0 bridgehead atoms. The van der Waals surface area contributed by atoms with Crippen molar-refractivity contribution < 1.29 is 48.1 Å². The Morgan fingerprint density at radius 3 is 1.94 bits per heavy atom. The number of nitrogen functional groups attached to an aromatic ring is 1. The van der Waals surface area contributed by atoms with Gasteiger partial charge in [0.2, 0.25) is 0 Å². The average molecular weight is 979 g/mol. The molecule has 0 aliphatic rings. The third-order valence-corrected chi connectivity index (χ3v) is 13.6. The van der Waals surface area contributed by atoms with E-state index in [0.717, 1.165) is 42.3 Å². The number of carbonyl (C=O) groups excluding carboxylic acids is 1. The lowest BCUT2D eigenvalue weighted by Gasteiger charge is -2.12. The highest BCUT2D eigenvalue weighted by atomic mass is 35.5. The van der Waals surface area contributed by atoms with Gasteiger partial charge in [-0.1, -0.05) is 47.8 Å². The highest BCUT2D eigenvalue weighted by molar-refractivity contribution is 7.92. The summed E-state index contributed by atoms with van der Waals surface area (Å²) in [5.74, 6) is -0.446. The standard InChI is InChI=1S/C23H19ClF3N5O3S.C7H6ClNO4S.C7H8ClNO2S/c1-13(5-21(33)17-8-20-19(11-30-17)31-12-32(20)2)18-10-28-15(9-29-18)6-14-3-4-16(24)22(7-14)36(34,35)23(25,26)27;1-14(12,13)7-4-5(9(10)11)2-3-6(7)8;1-12(10,11)7-4-5(9)2-3-6(7)8/h3-4,7-13H,5-6H2,1-2H3;2-4H,1H3;2-4H,9H2,1H3. The fourth-order valence-electron chi connectivity index (χ4n) is 5.27. The molecule has 3 aromatic heterocycles. The number of pyridine rings is 1. The Kier molecular flexibility index (Phi) is 15.5. The number of nitro groups is 1. The number of aromatic nitrogens is 5. The minimum absolute atomic E-state index is 0.0156. The molecular weight excluding hydrogens is 946 g/mol. The van der Waals surface area contributed by atoms with Crippen LogP contribution in [0.5, 0.6) is 0 Å². The summed E-state index contributed by atoms with van der Waals surface area (Å²) < 4.78 is 109. The van der Waals surface area contributed by atoms with E-state index < -0.39 is 49.9 Å². The van der Waals surface area contributed by atoms with Gasteiger partial charge in [0.25, 0.3) is 15.5 Å². The van der Waals surface area contributed by atoms with Crippen LogP contribution in [-0.2, 0) is 43.0 Å². The summed E-state index contributed by atoms with van der Waals surface area (Å²) in [6.07, 6.45) is 8.31. The predicted molar refractivity (Wildman–Crippen MR) is 226 cm³/mol. The molecule has 330 valence electrons. The van der Waals surface area contributed by atoms with Crippen LogP contribution in [0.2, 0.25) is 15.1 Å². The second kappa shape index (κ2) is 19.4. The molecule has 0 aliphatic heterocycles. The molecule has 0 saturated carbocycles. The number of nitrogens with two attached hydrogens (primary N) is 1. The highest BCUT2D eigenvalue weighted by Gasteiger charge is 2.48. The van der Waals surface area contributed by atoms with Crippen molar-refractivity contribution in [2.75, 3.05) is 18.2 Å². The Bertz CT molecular complexity index is 3010. The molecule has 3 heterocycles. The number of fused-ring (bicyclic) bond motifs is 1. The van der Waals surface area contributed by atoms with Crippen LogP contribution in [0.1, 0.15) is 46.7 Å². The van der Waals surface area contributed by atoms with Gasteiger partial charge in [-0.15, -0.1) is 0 Å². The van der Waals surface area contributed by atoms with Gasteiger partial charge in [0, 0.05) is 68.5 Å². The maximum absolute atomic E-state index is 12.9. The first-order valence-electron chi connectivity index (χ1n) is 17.2. The topological polar surface area (TPSA) is 245 Å². The number of ketones is 1. The summed E-state index contributed by atoms with van der Waals surface area (Å²) in [4.78, 5) is 38.2. The molecule has 6 aromatic rings. The van der Waals surface area contributed by atoms with Gasteiger partial charge >= 0.3 is 5.51 Å². The van der Waals surface area contributed by atoms with E-state index in [1.54, 1.807) is 29.2 Å². The van der Waals surface area contributed by atoms with Crippen molar-refractivity contribution in [2.45, 2.75) is 45.9 Å². The van der Waals surface area contributed by atoms with E-state index in [9.17, 15) is 53.3 Å². The number of rotatable bonds is 10. The maximum atomic E-state index is 12.9. The maximum Gasteiger partial charge on any atom is 0.501 e. The van der Waals surface area contributed by atoms with E-state index >= 15 is 0 Å². The molecule has 2 N–H and O–H groups in total. The lowest BCUT2D eigenvalue weighted by Crippen LogP contribution is -2.23. The number of hydrogen-bond acceptors (Lipinski definition) is 14. The summed E-state index contributed by atoms with van der Waals surface area (Å²) in [5, 5.41) is 10.0. The molecule has 0 fully saturated rings. The number of carbonyl (C=O) groups is 1. The van der Waals surface area contributed by atoms with E-state index in [1.165, 1.54) is 36.7 Å². The van der Waals surface area contributed by atoms with E-state index in [1.807, 2.05) is 14.0 Å². The van der Waals surface area contributed by atoms with Crippen LogP contribution in [0.4, 0.5) is 24.5 Å². The van der Waals surface area contributed by atoms with Crippen molar-refractivity contribution in [2.24, 2.45) is 7.05 Å². The molecule has 0 spiro atoms. The Morgan fingerprint density at radius 2 is 1.39 bits per heavy atom. The first kappa shape index (κ1) is 49.4. The lowest BCUT2D eigenvalue weighted by atomic mass is 9.99. The molecule has 0 amide bonds. The van der Waals surface area contributed by atoms with Gasteiger partial charge in [0.1, 0.15) is 11.2 Å². The summed E-state index contributed by atoms with van der Waals surface area (Å²) in [6, 6.07) is 12.7. The van der Waals surface area contributed by atoms with Gasteiger partial charge < -0.3 is 10.3 Å². The number of nitro benzene ring substituents is 1. The third kappa shape index (κ3) is 12.4. The number of nitrogens with zero attached hydrogens (tertiary/aromatic N) is 6. The first-order valence-corrected chi connectivity index (χ1v) is 23.6. The van der Waals surface area contributed by atoms with Crippen molar-refractivity contribution in [1.82, 2.24) is 24.5 Å². The molecule has 1 unspecified atom stereocenters. The molecule has 0 saturated heterocycles. The largest absolute Gasteiger partial charge is 0.501 e. The number of sulfone groups is 3. The summed E-state index contributed by atoms with van der Waals surface area (Å²) in [5.41, 5.74) is 3.03. The van der Waals surface area contributed by atoms with Crippen molar-refractivity contribution >= 4 is 92.5 Å². The number of aryl methyl sites for hydroxylation is 1. The molecule has 0 aliphatic carbocycles. The minimum atomic E-state index is -5.60. The van der Waals surface area contributed by atoms with Gasteiger partial charge in [-0.05, 0) is 48.0 Å². The van der Waals surface area contributed by atoms with Crippen LogP contribution >= 0.6 is 34.8 Å². The van der Waals surface area contributed by atoms with E-state index in [2.05, 4.69) is 19.9 Å². The highest BCUT2D eigenvalue weighted by Crippen LogP contribution is 2.35. The van der Waals surface area contributed by atoms with E-state index in [0.29, 0.717) is 28.3 Å². The molecule has 3 aromatic carbocycles. The summed E-state index contributed by atoms with van der Waals surface area (Å²) in [6.45, 7) is 1.82. The van der Waals surface area contributed by atoms with Crippen LogP contribution in [0.3, 0.4) is 0 Å². The SMILES string of the molecule is CC(CC(=O)c1cc2c(cn1)ncn2C)c1cnc(Cc2ccc(Cl)c(S(=O)(=O)C(F)(F)F)c2)cn1.CS(=O)(=O)c1cc(N)ccc1Cl.CS(=O)(=O)c1cc([N+](=O)[O-])ccc1Cl. The quantitative estimate of drug-likeness (QED) is 0.0600. The lowest BCUT2D eigenvalue weighted by molar-refractivity contribution is -0.385. The summed E-state index contributed by atoms with van der Waals surface area (Å²) >= 11 is 16.9. The number of Topliss-reactive ketones (excluding diaryl/α,β-unsaturated/α-hetero) is 1. The Labute approximate surface area is 367 Å². The van der Waals surface area contributed by atoms with Gasteiger partial charge in [-0.25, -0.2) is 30.2 Å². The number of halogens is 6. The van der Waals surface area contributed by atoms with Crippen molar-refractivity contribution in [3.8, 4) is 0 Å². The molecule has 25 heteroatoms. The van der Waals surface area contributed by atoms with E-state index in [4.69, 9.17) is 40.5 Å². The first-order chi connectivity index (χ1) is 28.6. The van der Waals surface area contributed by atoms with Crippen LogP contribution < -0.4 is 5.73 Å². The molecular formula is C37H33Cl3F3N7O9S3. The number of imidazole rings is 1. The fraction of sp³-hybridized carbons (Fsp3) is 0.216. The van der Waals surface area contributed by atoms with Gasteiger partial charge in [0.05, 0.1) is 64.1 Å². The normalized spacial score (nSPS) is 12.4. The second-order valence-electron chi connectivity index (χ2n) is 13.4. The van der Waals surface area contributed by atoms with Crippen LogP contribution in [0.25, 0.3) is 11.0 Å². The monoisotopic (exact) mass is 977 g/mol. The van der Waals surface area contributed by atoms with Crippen molar-refractivity contribution in [3.63, 3.8) is 0 Å². The van der Waals surface area contributed by atoms with Crippen LogP contribution in [0, 0.1) is 10.1 Å². The fourth-order valence-corrected chi connectivity index (χ4v) is 9.18.